The number of nitrogens with zero attached hydrogens (tertiary/aromatic N) is 4. The van der Waals surface area contributed by atoms with Gasteiger partial charge in [0.05, 0.1) is 11.4 Å². The first-order valence-corrected chi connectivity index (χ1v) is 7.71. The van der Waals surface area contributed by atoms with Crippen molar-refractivity contribution in [1.29, 1.82) is 0 Å². The molecule has 2 aromatic rings. The van der Waals surface area contributed by atoms with Crippen LogP contribution in [0.3, 0.4) is 0 Å². The summed E-state index contributed by atoms with van der Waals surface area (Å²) in [5, 5.41) is 17.2. The molecular weight excluding hydrogens is 315 g/mol. The van der Waals surface area contributed by atoms with E-state index in [2.05, 4.69) is 10.3 Å². The summed E-state index contributed by atoms with van der Waals surface area (Å²) in [7, 11) is 0. The number of carboxylic acids is 1. The number of carbonyl (C=O) groups is 2. The second-order valence-electron chi connectivity index (χ2n) is 5.76. The number of benzene rings is 1. The molecule has 1 fully saturated rings. The maximum Gasteiger partial charge on any atom is 0.326 e. The second kappa shape index (κ2) is 6.38. The number of carboxylic acid groups (broad SMARTS) is 1. The highest BCUT2D eigenvalue weighted by Gasteiger charge is 2.34. The van der Waals surface area contributed by atoms with E-state index in [4.69, 9.17) is 0 Å². The van der Waals surface area contributed by atoms with Gasteiger partial charge in [-0.05, 0) is 50.5 Å². The van der Waals surface area contributed by atoms with Crippen LogP contribution in [0.25, 0.3) is 5.69 Å². The van der Waals surface area contributed by atoms with Gasteiger partial charge in [0.25, 0.3) is 5.91 Å². The summed E-state index contributed by atoms with van der Waals surface area (Å²) in [5.41, 5.74) is 1.18. The average Bonchev–Trinajstić information content (AvgIpc) is 2.96. The smallest absolute Gasteiger partial charge is 0.326 e. The monoisotopic (exact) mass is 332 g/mol. The molecule has 2 heterocycles. The predicted octanol–water partition coefficient (Wildman–Crippen LogP) is 1.79. The molecule has 0 spiro atoms. The molecule has 3 rings (SSSR count). The Morgan fingerprint density at radius 1 is 1.25 bits per heavy atom. The van der Waals surface area contributed by atoms with E-state index in [1.54, 1.807) is 6.92 Å². The van der Waals surface area contributed by atoms with Crippen LogP contribution in [0.1, 0.15) is 35.4 Å². The Labute approximate surface area is 137 Å². The normalized spacial score (nSPS) is 17.8. The van der Waals surface area contributed by atoms with Gasteiger partial charge in [0.2, 0.25) is 0 Å². The lowest BCUT2D eigenvalue weighted by Gasteiger charge is -2.32. The number of carbonyl (C=O) groups excluding carboxylic acids is 1. The van der Waals surface area contributed by atoms with Crippen LogP contribution in [0.4, 0.5) is 4.39 Å². The molecule has 1 N–H and O–H groups in total. The first-order valence-electron chi connectivity index (χ1n) is 7.71. The first kappa shape index (κ1) is 16.1. The average molecular weight is 332 g/mol. The molecule has 0 aliphatic carbocycles. The summed E-state index contributed by atoms with van der Waals surface area (Å²) >= 11 is 0. The fourth-order valence-electron chi connectivity index (χ4n) is 2.92. The van der Waals surface area contributed by atoms with E-state index in [1.807, 2.05) is 0 Å². The minimum atomic E-state index is -1.01. The molecule has 1 amide bonds. The summed E-state index contributed by atoms with van der Waals surface area (Å²) in [4.78, 5) is 25.4. The molecule has 24 heavy (non-hydrogen) atoms. The SMILES string of the molecule is Cc1c(C(=O)N2CCCC[C@H]2C(=O)O)nnn1-c1ccc(F)cc1. The largest absolute Gasteiger partial charge is 0.480 e. The minimum absolute atomic E-state index is 0.118. The highest BCUT2D eigenvalue weighted by atomic mass is 19.1. The summed E-state index contributed by atoms with van der Waals surface area (Å²) in [6.45, 7) is 2.06. The fourth-order valence-corrected chi connectivity index (χ4v) is 2.92. The van der Waals surface area contributed by atoms with Crippen molar-refractivity contribution in [3.63, 3.8) is 0 Å². The van der Waals surface area contributed by atoms with Crippen molar-refractivity contribution in [1.82, 2.24) is 19.9 Å². The molecule has 126 valence electrons. The lowest BCUT2D eigenvalue weighted by atomic mass is 10.0. The third-order valence-corrected chi connectivity index (χ3v) is 4.22. The van der Waals surface area contributed by atoms with Crippen LogP contribution in [0, 0.1) is 12.7 Å². The maximum atomic E-state index is 13.0. The van der Waals surface area contributed by atoms with Crippen LogP contribution in [-0.2, 0) is 4.79 Å². The number of piperidine rings is 1. The van der Waals surface area contributed by atoms with E-state index in [0.29, 0.717) is 24.3 Å². The number of likely N-dealkylation sites (tertiary alicyclic amines) is 1. The fraction of sp³-hybridized carbons (Fsp3) is 0.375. The molecule has 0 unspecified atom stereocenters. The van der Waals surface area contributed by atoms with Crippen molar-refractivity contribution in [3.05, 3.63) is 41.5 Å². The zero-order valence-corrected chi connectivity index (χ0v) is 13.1. The Bertz CT molecular complexity index is 772. The molecule has 1 aromatic heterocycles. The van der Waals surface area contributed by atoms with E-state index in [0.717, 1.165) is 12.8 Å². The molecule has 1 aliphatic rings. The van der Waals surface area contributed by atoms with Crippen molar-refractivity contribution in [2.45, 2.75) is 32.2 Å². The number of hydrogen-bond acceptors (Lipinski definition) is 4. The molecule has 0 bridgehead atoms. The third kappa shape index (κ3) is 2.86. The summed E-state index contributed by atoms with van der Waals surface area (Å²) < 4.78 is 14.5. The van der Waals surface area contributed by atoms with Crippen molar-refractivity contribution in [2.75, 3.05) is 6.54 Å². The Morgan fingerprint density at radius 3 is 2.62 bits per heavy atom. The van der Waals surface area contributed by atoms with Gasteiger partial charge in [0.15, 0.2) is 5.69 Å². The van der Waals surface area contributed by atoms with Crippen molar-refractivity contribution in [3.8, 4) is 5.69 Å². The van der Waals surface area contributed by atoms with Gasteiger partial charge in [-0.15, -0.1) is 5.10 Å². The highest BCUT2D eigenvalue weighted by molar-refractivity contribution is 5.96. The minimum Gasteiger partial charge on any atom is -0.480 e. The predicted molar refractivity (Wildman–Crippen MR) is 82.4 cm³/mol. The molecule has 8 heteroatoms. The zero-order chi connectivity index (χ0) is 17.3. The standard InChI is InChI=1S/C16H17FN4O3/c1-10-14(15(22)20-9-3-2-4-13(20)16(23)24)18-19-21(10)12-7-5-11(17)6-8-12/h5-8,13H,2-4,9H2,1H3,(H,23,24)/t13-/m0/s1. The summed E-state index contributed by atoms with van der Waals surface area (Å²) in [5.74, 6) is -1.81. The number of rotatable bonds is 3. The van der Waals surface area contributed by atoms with Gasteiger partial charge in [-0.2, -0.15) is 0 Å². The zero-order valence-electron chi connectivity index (χ0n) is 13.1. The maximum absolute atomic E-state index is 13.0. The Morgan fingerprint density at radius 2 is 1.96 bits per heavy atom. The molecule has 1 atom stereocenters. The number of aromatic nitrogens is 3. The molecule has 0 radical (unpaired) electrons. The van der Waals surface area contributed by atoms with E-state index in [1.165, 1.54) is 33.8 Å². The number of halogens is 1. The van der Waals surface area contributed by atoms with Crippen LogP contribution in [0.5, 0.6) is 0 Å². The van der Waals surface area contributed by atoms with Gasteiger partial charge in [-0.3, -0.25) is 4.79 Å². The van der Waals surface area contributed by atoms with Crippen LogP contribution in [0.2, 0.25) is 0 Å². The van der Waals surface area contributed by atoms with Gasteiger partial charge < -0.3 is 10.0 Å². The van der Waals surface area contributed by atoms with E-state index in [-0.39, 0.29) is 11.5 Å². The van der Waals surface area contributed by atoms with Crippen molar-refractivity contribution in [2.24, 2.45) is 0 Å². The van der Waals surface area contributed by atoms with Gasteiger partial charge in [0.1, 0.15) is 11.9 Å². The van der Waals surface area contributed by atoms with Crippen molar-refractivity contribution >= 4 is 11.9 Å². The van der Waals surface area contributed by atoms with Crippen LogP contribution < -0.4 is 0 Å². The quantitative estimate of drug-likeness (QED) is 0.926. The second-order valence-corrected chi connectivity index (χ2v) is 5.76. The third-order valence-electron chi connectivity index (χ3n) is 4.22. The Hall–Kier alpha value is -2.77. The van der Waals surface area contributed by atoms with Crippen LogP contribution in [-0.4, -0.2) is 49.5 Å². The van der Waals surface area contributed by atoms with Gasteiger partial charge in [-0.25, -0.2) is 13.9 Å². The molecule has 1 aliphatic heterocycles. The van der Waals surface area contributed by atoms with E-state index >= 15 is 0 Å². The summed E-state index contributed by atoms with van der Waals surface area (Å²) in [6.07, 6.45) is 1.98. The number of amides is 1. The molecule has 1 aromatic carbocycles. The Balaban J connectivity index is 1.91. The molecular formula is C16H17FN4O3. The van der Waals surface area contributed by atoms with Crippen LogP contribution >= 0.6 is 0 Å². The van der Waals surface area contributed by atoms with Gasteiger partial charge in [-0.1, -0.05) is 5.21 Å². The summed E-state index contributed by atoms with van der Waals surface area (Å²) in [6, 6.07) is 4.83. The molecule has 1 saturated heterocycles. The molecule has 7 nitrogen and oxygen atoms in total. The lowest BCUT2D eigenvalue weighted by molar-refractivity contribution is -0.143. The first-order chi connectivity index (χ1) is 11.5. The Kier molecular flexibility index (Phi) is 4.28. The highest BCUT2D eigenvalue weighted by Crippen LogP contribution is 2.21. The lowest BCUT2D eigenvalue weighted by Crippen LogP contribution is -2.48. The van der Waals surface area contributed by atoms with E-state index in [9.17, 15) is 19.1 Å². The molecule has 0 saturated carbocycles. The van der Waals surface area contributed by atoms with Gasteiger partial charge in [0, 0.05) is 6.54 Å². The van der Waals surface area contributed by atoms with Crippen LogP contribution in [0.15, 0.2) is 24.3 Å². The van der Waals surface area contributed by atoms with Gasteiger partial charge >= 0.3 is 5.97 Å². The number of aliphatic carboxylic acids is 1. The topological polar surface area (TPSA) is 88.3 Å². The number of hydrogen-bond donors (Lipinski definition) is 1. The van der Waals surface area contributed by atoms with E-state index < -0.39 is 17.9 Å². The van der Waals surface area contributed by atoms with Crippen molar-refractivity contribution < 1.29 is 19.1 Å².